The van der Waals surface area contributed by atoms with Crippen molar-refractivity contribution < 1.29 is 4.74 Å². The number of hydrogen-bond donors (Lipinski definition) is 0. The van der Waals surface area contributed by atoms with E-state index in [1.165, 1.54) is 4.88 Å². The Morgan fingerprint density at radius 2 is 1.97 bits per heavy atom. The van der Waals surface area contributed by atoms with Gasteiger partial charge in [0, 0.05) is 37.3 Å². The lowest BCUT2D eigenvalue weighted by molar-refractivity contribution is 0.0891. The second kappa shape index (κ2) is 8.42. The van der Waals surface area contributed by atoms with Gasteiger partial charge < -0.3 is 4.74 Å². The summed E-state index contributed by atoms with van der Waals surface area (Å²) in [6, 6.07) is 14.8. The number of fused-ring (bicyclic) bond motifs is 1. The lowest BCUT2D eigenvalue weighted by Crippen LogP contribution is -2.46. The third-order valence-electron chi connectivity index (χ3n) is 6.18. The molecule has 0 amide bonds. The summed E-state index contributed by atoms with van der Waals surface area (Å²) in [6.07, 6.45) is 2.21. The van der Waals surface area contributed by atoms with Crippen molar-refractivity contribution in [2.75, 3.05) is 33.8 Å². The van der Waals surface area contributed by atoms with Gasteiger partial charge in [-0.1, -0.05) is 6.07 Å². The van der Waals surface area contributed by atoms with Crippen molar-refractivity contribution >= 4 is 17.0 Å². The van der Waals surface area contributed by atoms with E-state index in [0.29, 0.717) is 0 Å². The number of aromatic nitrogens is 3. The van der Waals surface area contributed by atoms with Crippen LogP contribution in [0.1, 0.15) is 22.3 Å². The minimum atomic E-state index is 0.269. The molecule has 1 aliphatic heterocycles. The van der Waals surface area contributed by atoms with Crippen LogP contribution in [0.5, 0.6) is 5.75 Å². The number of likely N-dealkylation sites (N-methyl/N-ethyl adjacent to an activating group) is 1. The van der Waals surface area contributed by atoms with E-state index in [9.17, 15) is 0 Å². The standard InChI is InChI=1S/C24H27N5OS/c1-17-23(31-16-25-17)15-28-12-11-27(2)22(14-28)20-13-29-21(5-4-6-24(29)26-20)18-7-9-19(30-3)10-8-18/h4-10,13,16,22H,11-12,14-15H2,1-3H3/t22-/m1/s1. The fourth-order valence-corrected chi connectivity index (χ4v) is 5.08. The first-order valence-electron chi connectivity index (χ1n) is 10.6. The first kappa shape index (κ1) is 20.2. The lowest BCUT2D eigenvalue weighted by atomic mass is 10.1. The molecule has 160 valence electrons. The van der Waals surface area contributed by atoms with Gasteiger partial charge in [-0.2, -0.15) is 0 Å². The summed E-state index contributed by atoms with van der Waals surface area (Å²) in [5, 5.41) is 0. The highest BCUT2D eigenvalue weighted by atomic mass is 32.1. The Morgan fingerprint density at radius 3 is 2.71 bits per heavy atom. The fraction of sp³-hybridized carbons (Fsp3) is 0.333. The molecule has 0 spiro atoms. The van der Waals surface area contributed by atoms with E-state index in [1.54, 1.807) is 18.4 Å². The van der Waals surface area contributed by atoms with Crippen molar-refractivity contribution in [3.05, 3.63) is 70.4 Å². The molecule has 1 saturated heterocycles. The van der Waals surface area contributed by atoms with Crippen LogP contribution in [-0.2, 0) is 6.54 Å². The number of nitrogens with zero attached hydrogens (tertiary/aromatic N) is 5. The van der Waals surface area contributed by atoms with Gasteiger partial charge in [0.15, 0.2) is 0 Å². The molecular weight excluding hydrogens is 406 g/mol. The summed E-state index contributed by atoms with van der Waals surface area (Å²) in [4.78, 5) is 15.7. The minimum absolute atomic E-state index is 0.269. The van der Waals surface area contributed by atoms with Gasteiger partial charge in [-0.25, -0.2) is 9.97 Å². The van der Waals surface area contributed by atoms with Gasteiger partial charge in [-0.3, -0.25) is 14.2 Å². The zero-order valence-electron chi connectivity index (χ0n) is 18.2. The van der Waals surface area contributed by atoms with Gasteiger partial charge in [0.2, 0.25) is 0 Å². The highest BCUT2D eigenvalue weighted by molar-refractivity contribution is 7.09. The van der Waals surface area contributed by atoms with Gasteiger partial charge in [0.05, 0.1) is 35.7 Å². The summed E-state index contributed by atoms with van der Waals surface area (Å²) in [5.74, 6) is 0.863. The van der Waals surface area contributed by atoms with E-state index in [4.69, 9.17) is 9.72 Å². The van der Waals surface area contributed by atoms with Crippen LogP contribution in [0.4, 0.5) is 0 Å². The molecule has 0 N–H and O–H groups in total. The first-order chi connectivity index (χ1) is 15.1. The molecule has 0 aliphatic carbocycles. The highest BCUT2D eigenvalue weighted by Crippen LogP contribution is 2.29. The van der Waals surface area contributed by atoms with Crippen LogP contribution in [0.25, 0.3) is 16.9 Å². The molecule has 4 aromatic rings. The SMILES string of the molecule is COc1ccc(-c2cccc3nc([C@H]4CN(Cc5scnc5C)CCN4C)cn23)cc1. The normalized spacial score (nSPS) is 18.0. The second-order valence-electron chi connectivity index (χ2n) is 8.13. The number of methoxy groups -OCH3 is 1. The predicted molar refractivity (Wildman–Crippen MR) is 125 cm³/mol. The van der Waals surface area contributed by atoms with E-state index >= 15 is 0 Å². The molecule has 1 fully saturated rings. The largest absolute Gasteiger partial charge is 0.497 e. The Morgan fingerprint density at radius 1 is 1.13 bits per heavy atom. The minimum Gasteiger partial charge on any atom is -0.497 e. The fourth-order valence-electron chi connectivity index (χ4n) is 4.26. The number of thiazole rings is 1. The summed E-state index contributed by atoms with van der Waals surface area (Å²) >= 11 is 1.75. The van der Waals surface area contributed by atoms with Crippen LogP contribution in [0, 0.1) is 6.92 Å². The van der Waals surface area contributed by atoms with Crippen molar-refractivity contribution in [2.45, 2.75) is 19.5 Å². The zero-order valence-corrected chi connectivity index (χ0v) is 19.0. The van der Waals surface area contributed by atoms with Crippen molar-refractivity contribution in [1.29, 1.82) is 0 Å². The van der Waals surface area contributed by atoms with Gasteiger partial charge in [0.25, 0.3) is 0 Å². The number of piperazine rings is 1. The van der Waals surface area contributed by atoms with E-state index in [0.717, 1.165) is 60.2 Å². The molecule has 7 heteroatoms. The number of hydrogen-bond acceptors (Lipinski definition) is 6. The topological polar surface area (TPSA) is 45.9 Å². The van der Waals surface area contributed by atoms with Crippen molar-refractivity contribution in [2.24, 2.45) is 0 Å². The molecule has 31 heavy (non-hydrogen) atoms. The first-order valence-corrected chi connectivity index (χ1v) is 11.4. The molecule has 3 aromatic heterocycles. The highest BCUT2D eigenvalue weighted by Gasteiger charge is 2.28. The predicted octanol–water partition coefficient (Wildman–Crippen LogP) is 4.26. The Hall–Kier alpha value is -2.74. The van der Waals surface area contributed by atoms with E-state index in [2.05, 4.69) is 69.7 Å². The molecular formula is C24H27N5OS. The maximum atomic E-state index is 5.31. The second-order valence-corrected chi connectivity index (χ2v) is 9.07. The Bertz CT molecular complexity index is 1180. The summed E-state index contributed by atoms with van der Waals surface area (Å²) < 4.78 is 7.52. The monoisotopic (exact) mass is 433 g/mol. The van der Waals surface area contributed by atoms with E-state index in [-0.39, 0.29) is 6.04 Å². The van der Waals surface area contributed by atoms with Crippen molar-refractivity contribution in [3.63, 3.8) is 0 Å². The Balaban J connectivity index is 1.44. The lowest BCUT2D eigenvalue weighted by Gasteiger charge is -2.38. The van der Waals surface area contributed by atoms with Crippen LogP contribution in [0.3, 0.4) is 0 Å². The van der Waals surface area contributed by atoms with Gasteiger partial charge in [-0.05, 0) is 55.9 Å². The molecule has 1 atom stereocenters. The van der Waals surface area contributed by atoms with E-state index in [1.807, 2.05) is 17.6 Å². The van der Waals surface area contributed by atoms with Gasteiger partial charge in [-0.15, -0.1) is 11.3 Å². The summed E-state index contributed by atoms with van der Waals surface area (Å²) in [5.41, 5.74) is 7.48. The van der Waals surface area contributed by atoms with Gasteiger partial charge >= 0.3 is 0 Å². The van der Waals surface area contributed by atoms with Crippen molar-refractivity contribution in [3.8, 4) is 17.0 Å². The number of pyridine rings is 1. The molecule has 5 rings (SSSR count). The summed E-state index contributed by atoms with van der Waals surface area (Å²) in [6.45, 7) is 6.12. The number of rotatable bonds is 5. The van der Waals surface area contributed by atoms with Crippen molar-refractivity contribution in [1.82, 2.24) is 24.2 Å². The zero-order chi connectivity index (χ0) is 21.4. The smallest absolute Gasteiger partial charge is 0.137 e. The maximum Gasteiger partial charge on any atom is 0.137 e. The molecule has 1 aromatic carbocycles. The average Bonchev–Trinajstić information content (AvgIpc) is 3.41. The van der Waals surface area contributed by atoms with Crippen LogP contribution < -0.4 is 4.74 Å². The third-order valence-corrected chi connectivity index (χ3v) is 7.10. The quantitative estimate of drug-likeness (QED) is 0.471. The molecule has 0 bridgehead atoms. The Kier molecular flexibility index (Phi) is 5.48. The number of benzene rings is 1. The molecule has 0 saturated carbocycles. The number of imidazole rings is 1. The average molecular weight is 434 g/mol. The molecule has 6 nitrogen and oxygen atoms in total. The van der Waals surface area contributed by atoms with Crippen LogP contribution in [0.15, 0.2) is 54.2 Å². The third kappa shape index (κ3) is 3.96. The molecule has 4 heterocycles. The molecule has 1 aliphatic rings. The molecule has 0 radical (unpaired) electrons. The summed E-state index contributed by atoms with van der Waals surface area (Å²) in [7, 11) is 3.90. The molecule has 0 unspecified atom stereocenters. The number of ether oxygens (including phenoxy) is 1. The van der Waals surface area contributed by atoms with Crippen LogP contribution in [-0.4, -0.2) is 58.0 Å². The van der Waals surface area contributed by atoms with Crippen LogP contribution in [0.2, 0.25) is 0 Å². The van der Waals surface area contributed by atoms with E-state index < -0.39 is 0 Å². The van der Waals surface area contributed by atoms with Crippen LogP contribution >= 0.6 is 11.3 Å². The number of aryl methyl sites for hydroxylation is 1. The Labute approximate surface area is 186 Å². The van der Waals surface area contributed by atoms with Gasteiger partial charge in [0.1, 0.15) is 11.4 Å². The maximum absolute atomic E-state index is 5.31.